The van der Waals surface area contributed by atoms with Crippen LogP contribution >= 0.6 is 11.8 Å². The molecule has 2 amide bonds. The van der Waals surface area contributed by atoms with Crippen LogP contribution in [0.2, 0.25) is 0 Å². The van der Waals surface area contributed by atoms with Gasteiger partial charge in [0.15, 0.2) is 11.0 Å². The lowest BCUT2D eigenvalue weighted by Crippen LogP contribution is -2.29. The standard InChI is InChI=1S/C22H22FN5O4S/c1-13(24-20(30)16-6-4-5-7-17(16)23)19-26-27-22(28(19)2)33-12-18(29)25-15-10-8-14(9-11-15)21(31)32-3/h4-11,13H,12H2,1-3H3,(H,24,30)(H,25,29). The van der Waals surface area contributed by atoms with Crippen molar-refractivity contribution in [2.75, 3.05) is 18.2 Å². The Kier molecular flexibility index (Phi) is 7.78. The van der Waals surface area contributed by atoms with E-state index in [4.69, 9.17) is 0 Å². The first kappa shape index (κ1) is 23.9. The lowest BCUT2D eigenvalue weighted by atomic mass is 10.2. The molecule has 2 aromatic carbocycles. The number of anilines is 1. The van der Waals surface area contributed by atoms with Crippen LogP contribution in [0.5, 0.6) is 0 Å². The van der Waals surface area contributed by atoms with Crippen molar-refractivity contribution in [1.82, 2.24) is 20.1 Å². The van der Waals surface area contributed by atoms with Crippen LogP contribution in [0.1, 0.15) is 39.5 Å². The van der Waals surface area contributed by atoms with Gasteiger partial charge < -0.3 is 19.9 Å². The Morgan fingerprint density at radius 1 is 1.12 bits per heavy atom. The maximum absolute atomic E-state index is 13.8. The number of nitrogens with zero attached hydrogens (tertiary/aromatic N) is 3. The molecule has 1 aromatic heterocycles. The fourth-order valence-corrected chi connectivity index (χ4v) is 3.67. The lowest BCUT2D eigenvalue weighted by molar-refractivity contribution is -0.113. The number of halogens is 1. The molecule has 172 valence electrons. The monoisotopic (exact) mass is 471 g/mol. The van der Waals surface area contributed by atoms with Crippen LogP contribution < -0.4 is 10.6 Å². The van der Waals surface area contributed by atoms with Gasteiger partial charge in [-0.2, -0.15) is 0 Å². The zero-order chi connectivity index (χ0) is 24.0. The summed E-state index contributed by atoms with van der Waals surface area (Å²) < 4.78 is 20.1. The molecule has 11 heteroatoms. The molecule has 3 aromatic rings. The lowest BCUT2D eigenvalue weighted by Gasteiger charge is -2.14. The van der Waals surface area contributed by atoms with Crippen molar-refractivity contribution in [2.24, 2.45) is 7.05 Å². The Morgan fingerprint density at radius 2 is 1.82 bits per heavy atom. The smallest absolute Gasteiger partial charge is 0.337 e. The van der Waals surface area contributed by atoms with Gasteiger partial charge in [0, 0.05) is 12.7 Å². The Balaban J connectivity index is 1.56. The maximum Gasteiger partial charge on any atom is 0.337 e. The number of methoxy groups -OCH3 is 1. The summed E-state index contributed by atoms with van der Waals surface area (Å²) in [7, 11) is 3.01. The number of thioether (sulfide) groups is 1. The molecule has 1 unspecified atom stereocenters. The second-order valence-corrected chi connectivity index (χ2v) is 7.92. The van der Waals surface area contributed by atoms with E-state index in [2.05, 4.69) is 25.6 Å². The fourth-order valence-electron chi connectivity index (χ4n) is 2.95. The summed E-state index contributed by atoms with van der Waals surface area (Å²) in [4.78, 5) is 36.1. The first-order chi connectivity index (χ1) is 15.8. The third kappa shape index (κ3) is 5.95. The van der Waals surface area contributed by atoms with Crippen LogP contribution in [-0.2, 0) is 16.6 Å². The van der Waals surface area contributed by atoms with Crippen LogP contribution in [0.25, 0.3) is 0 Å². The summed E-state index contributed by atoms with van der Waals surface area (Å²) in [5.41, 5.74) is 0.862. The van der Waals surface area contributed by atoms with Gasteiger partial charge in [-0.1, -0.05) is 23.9 Å². The summed E-state index contributed by atoms with van der Waals surface area (Å²) in [6.07, 6.45) is 0. The van der Waals surface area contributed by atoms with Crippen LogP contribution in [0, 0.1) is 5.82 Å². The average Bonchev–Trinajstić information content (AvgIpc) is 3.18. The number of aromatic nitrogens is 3. The second kappa shape index (κ2) is 10.7. The minimum Gasteiger partial charge on any atom is -0.465 e. The fraction of sp³-hybridized carbons (Fsp3) is 0.227. The average molecular weight is 472 g/mol. The van der Waals surface area contributed by atoms with Gasteiger partial charge in [-0.05, 0) is 43.3 Å². The van der Waals surface area contributed by atoms with E-state index in [1.807, 2.05) is 0 Å². The van der Waals surface area contributed by atoms with E-state index in [0.717, 1.165) is 0 Å². The van der Waals surface area contributed by atoms with Gasteiger partial charge in [0.1, 0.15) is 5.82 Å². The molecule has 0 radical (unpaired) electrons. The zero-order valence-corrected chi connectivity index (χ0v) is 19.0. The highest BCUT2D eigenvalue weighted by molar-refractivity contribution is 7.99. The molecule has 2 N–H and O–H groups in total. The number of esters is 1. The Bertz CT molecular complexity index is 1170. The summed E-state index contributed by atoms with van der Waals surface area (Å²) in [5.74, 6) is -1.36. The molecule has 0 aliphatic rings. The number of hydrogen-bond donors (Lipinski definition) is 2. The third-order valence-corrected chi connectivity index (χ3v) is 5.66. The molecule has 0 aliphatic carbocycles. The van der Waals surface area contributed by atoms with Crippen molar-refractivity contribution in [3.05, 3.63) is 71.3 Å². The van der Waals surface area contributed by atoms with Crippen molar-refractivity contribution in [3.63, 3.8) is 0 Å². The molecule has 0 spiro atoms. The highest BCUT2D eigenvalue weighted by atomic mass is 32.2. The van der Waals surface area contributed by atoms with Crippen LogP contribution in [-0.4, -0.2) is 45.4 Å². The summed E-state index contributed by atoms with van der Waals surface area (Å²) in [6, 6.07) is 11.5. The summed E-state index contributed by atoms with van der Waals surface area (Å²) in [5, 5.41) is 14.1. The SMILES string of the molecule is COC(=O)c1ccc(NC(=O)CSc2nnc(C(C)NC(=O)c3ccccc3F)n2C)cc1. The highest BCUT2D eigenvalue weighted by Crippen LogP contribution is 2.20. The van der Waals surface area contributed by atoms with Crippen molar-refractivity contribution >= 4 is 35.2 Å². The van der Waals surface area contributed by atoms with Gasteiger partial charge in [-0.25, -0.2) is 9.18 Å². The number of rotatable bonds is 8. The van der Waals surface area contributed by atoms with Gasteiger partial charge in [-0.15, -0.1) is 10.2 Å². The van der Waals surface area contributed by atoms with E-state index >= 15 is 0 Å². The molecule has 0 bridgehead atoms. The first-order valence-electron chi connectivity index (χ1n) is 9.86. The number of hydrogen-bond acceptors (Lipinski definition) is 7. The molecule has 33 heavy (non-hydrogen) atoms. The van der Waals surface area contributed by atoms with Gasteiger partial charge in [0.25, 0.3) is 5.91 Å². The van der Waals surface area contributed by atoms with E-state index in [1.54, 1.807) is 48.9 Å². The Hall–Kier alpha value is -3.73. The zero-order valence-electron chi connectivity index (χ0n) is 18.2. The van der Waals surface area contributed by atoms with Gasteiger partial charge in [0.05, 0.1) is 30.0 Å². The summed E-state index contributed by atoms with van der Waals surface area (Å²) in [6.45, 7) is 1.71. The number of benzene rings is 2. The van der Waals surface area contributed by atoms with Crippen LogP contribution in [0.15, 0.2) is 53.7 Å². The van der Waals surface area contributed by atoms with E-state index in [-0.39, 0.29) is 17.2 Å². The van der Waals surface area contributed by atoms with E-state index in [1.165, 1.54) is 37.1 Å². The number of amides is 2. The molecule has 0 fully saturated rings. The first-order valence-corrected chi connectivity index (χ1v) is 10.8. The quantitative estimate of drug-likeness (QED) is 0.383. The van der Waals surface area contributed by atoms with E-state index < -0.39 is 23.7 Å². The number of carbonyl (C=O) groups excluding carboxylic acids is 3. The molecule has 1 atom stereocenters. The minimum absolute atomic E-state index is 0.0580. The minimum atomic E-state index is -0.609. The number of carbonyl (C=O) groups is 3. The number of nitrogens with one attached hydrogen (secondary N) is 2. The van der Waals surface area contributed by atoms with Gasteiger partial charge in [-0.3, -0.25) is 9.59 Å². The third-order valence-electron chi connectivity index (χ3n) is 4.64. The topological polar surface area (TPSA) is 115 Å². The predicted octanol–water partition coefficient (Wildman–Crippen LogP) is 2.96. The Morgan fingerprint density at radius 3 is 2.48 bits per heavy atom. The van der Waals surface area contributed by atoms with Crippen molar-refractivity contribution in [2.45, 2.75) is 18.1 Å². The van der Waals surface area contributed by atoms with Crippen molar-refractivity contribution < 1.29 is 23.5 Å². The van der Waals surface area contributed by atoms with Gasteiger partial charge in [0.2, 0.25) is 5.91 Å². The largest absolute Gasteiger partial charge is 0.465 e. The normalized spacial score (nSPS) is 11.5. The van der Waals surface area contributed by atoms with Crippen molar-refractivity contribution in [1.29, 1.82) is 0 Å². The van der Waals surface area contributed by atoms with Crippen LogP contribution in [0.3, 0.4) is 0 Å². The van der Waals surface area contributed by atoms with Crippen molar-refractivity contribution in [3.8, 4) is 0 Å². The molecule has 3 rings (SSSR count). The summed E-state index contributed by atoms with van der Waals surface area (Å²) >= 11 is 1.17. The number of ether oxygens (including phenoxy) is 1. The molecular formula is C22H22FN5O4S. The maximum atomic E-state index is 13.8. The predicted molar refractivity (Wildman–Crippen MR) is 120 cm³/mol. The van der Waals surface area contributed by atoms with Crippen LogP contribution in [0.4, 0.5) is 10.1 Å². The Labute approximate surface area is 193 Å². The molecule has 1 heterocycles. The molecule has 9 nitrogen and oxygen atoms in total. The second-order valence-electron chi connectivity index (χ2n) is 6.98. The van der Waals surface area contributed by atoms with E-state index in [9.17, 15) is 18.8 Å². The molecule has 0 aliphatic heterocycles. The highest BCUT2D eigenvalue weighted by Gasteiger charge is 2.20. The molecule has 0 saturated heterocycles. The van der Waals surface area contributed by atoms with E-state index in [0.29, 0.717) is 22.2 Å². The molecule has 0 saturated carbocycles. The molecular weight excluding hydrogens is 449 g/mol. The van der Waals surface area contributed by atoms with Gasteiger partial charge >= 0.3 is 5.97 Å².